The van der Waals surface area contributed by atoms with Gasteiger partial charge in [0.1, 0.15) is 18.1 Å². The molecule has 2 rings (SSSR count). The summed E-state index contributed by atoms with van der Waals surface area (Å²) in [4.78, 5) is 0. The average molecular weight is 297 g/mol. The van der Waals surface area contributed by atoms with Crippen molar-refractivity contribution in [2.75, 3.05) is 5.73 Å². The van der Waals surface area contributed by atoms with E-state index in [1.807, 2.05) is 32.3 Å². The third-order valence-corrected chi connectivity index (χ3v) is 2.74. The molecule has 0 aliphatic carbocycles. The van der Waals surface area contributed by atoms with Crippen LogP contribution in [0.15, 0.2) is 22.8 Å². The van der Waals surface area contributed by atoms with Crippen molar-refractivity contribution in [3.63, 3.8) is 0 Å². The van der Waals surface area contributed by atoms with E-state index in [0.717, 1.165) is 15.7 Å². The van der Waals surface area contributed by atoms with Crippen molar-refractivity contribution in [1.82, 2.24) is 15.0 Å². The highest BCUT2D eigenvalue weighted by Crippen LogP contribution is 2.30. The van der Waals surface area contributed by atoms with Gasteiger partial charge in [-0.05, 0) is 24.6 Å². The standard InChI is InChI=1S/C11H13BrN4O/c1-7-3-8(12)4-10(13)11(7)17-6-9-5-16(2)15-14-9/h3-5H,6,13H2,1-2H3. The van der Waals surface area contributed by atoms with Crippen LogP contribution in [-0.4, -0.2) is 15.0 Å². The Labute approximate surface area is 108 Å². The number of ether oxygens (including phenoxy) is 1. The summed E-state index contributed by atoms with van der Waals surface area (Å²) in [7, 11) is 1.82. The Bertz CT molecular complexity index is 515. The molecule has 0 radical (unpaired) electrons. The second-order valence-corrected chi connectivity index (χ2v) is 4.73. The van der Waals surface area contributed by atoms with Crippen LogP contribution in [-0.2, 0) is 13.7 Å². The maximum atomic E-state index is 5.90. The van der Waals surface area contributed by atoms with Gasteiger partial charge in [-0.15, -0.1) is 5.10 Å². The Morgan fingerprint density at radius 1 is 1.47 bits per heavy atom. The quantitative estimate of drug-likeness (QED) is 0.881. The Kier molecular flexibility index (Phi) is 3.33. The van der Waals surface area contributed by atoms with Crippen LogP contribution >= 0.6 is 15.9 Å². The third kappa shape index (κ3) is 2.76. The van der Waals surface area contributed by atoms with Crippen LogP contribution < -0.4 is 10.5 Å². The summed E-state index contributed by atoms with van der Waals surface area (Å²) in [6.07, 6.45) is 1.81. The molecule has 2 N–H and O–H groups in total. The molecule has 2 aromatic rings. The second-order valence-electron chi connectivity index (χ2n) is 3.81. The largest absolute Gasteiger partial charge is 0.485 e. The predicted octanol–water partition coefficient (Wildman–Crippen LogP) is 2.05. The van der Waals surface area contributed by atoms with Gasteiger partial charge >= 0.3 is 0 Å². The number of rotatable bonds is 3. The lowest BCUT2D eigenvalue weighted by Crippen LogP contribution is -2.01. The van der Waals surface area contributed by atoms with Crippen LogP contribution in [0.4, 0.5) is 5.69 Å². The number of anilines is 1. The van der Waals surface area contributed by atoms with Crippen LogP contribution in [0.2, 0.25) is 0 Å². The number of hydrogen-bond acceptors (Lipinski definition) is 4. The van der Waals surface area contributed by atoms with Crippen LogP contribution in [0.25, 0.3) is 0 Å². The van der Waals surface area contributed by atoms with E-state index < -0.39 is 0 Å². The minimum Gasteiger partial charge on any atom is -0.485 e. The van der Waals surface area contributed by atoms with E-state index in [1.54, 1.807) is 4.68 Å². The summed E-state index contributed by atoms with van der Waals surface area (Å²) < 4.78 is 8.24. The van der Waals surface area contributed by atoms with Gasteiger partial charge in [0.2, 0.25) is 0 Å². The molecule has 0 saturated heterocycles. The lowest BCUT2D eigenvalue weighted by molar-refractivity contribution is 0.301. The summed E-state index contributed by atoms with van der Waals surface area (Å²) >= 11 is 3.39. The first-order valence-corrected chi connectivity index (χ1v) is 5.89. The van der Waals surface area contributed by atoms with Crippen LogP contribution in [0.1, 0.15) is 11.3 Å². The summed E-state index contributed by atoms with van der Waals surface area (Å²) in [5, 5.41) is 7.78. The Hall–Kier alpha value is -1.56. The normalized spacial score (nSPS) is 10.5. The molecular weight excluding hydrogens is 284 g/mol. The van der Waals surface area contributed by atoms with Crippen molar-refractivity contribution < 1.29 is 4.74 Å². The van der Waals surface area contributed by atoms with Crippen LogP contribution in [0, 0.1) is 6.92 Å². The highest BCUT2D eigenvalue weighted by molar-refractivity contribution is 9.10. The van der Waals surface area contributed by atoms with Gasteiger partial charge in [0.25, 0.3) is 0 Å². The van der Waals surface area contributed by atoms with Crippen molar-refractivity contribution in [3.05, 3.63) is 34.1 Å². The summed E-state index contributed by atoms with van der Waals surface area (Å²) in [6.45, 7) is 2.31. The molecule has 0 saturated carbocycles. The van der Waals surface area contributed by atoms with Gasteiger partial charge in [0.15, 0.2) is 0 Å². The number of hydrogen-bond donors (Lipinski definition) is 1. The predicted molar refractivity (Wildman–Crippen MR) is 68.6 cm³/mol. The number of aromatic nitrogens is 3. The smallest absolute Gasteiger partial charge is 0.145 e. The maximum absolute atomic E-state index is 5.90. The van der Waals surface area contributed by atoms with Crippen LogP contribution in [0.3, 0.4) is 0 Å². The van der Waals surface area contributed by atoms with Crippen molar-refractivity contribution in [2.24, 2.45) is 7.05 Å². The molecular formula is C11H13BrN4O. The molecule has 0 bridgehead atoms. The number of halogens is 1. The van der Waals surface area contributed by atoms with E-state index in [4.69, 9.17) is 10.5 Å². The highest BCUT2D eigenvalue weighted by Gasteiger charge is 2.07. The Balaban J connectivity index is 2.14. The highest BCUT2D eigenvalue weighted by atomic mass is 79.9. The van der Waals surface area contributed by atoms with Gasteiger partial charge in [0.05, 0.1) is 11.9 Å². The first kappa shape index (κ1) is 11.9. The second kappa shape index (κ2) is 4.75. The lowest BCUT2D eigenvalue weighted by Gasteiger charge is -2.11. The monoisotopic (exact) mass is 296 g/mol. The minimum absolute atomic E-state index is 0.362. The summed E-state index contributed by atoms with van der Waals surface area (Å²) in [6, 6.07) is 3.78. The van der Waals surface area contributed by atoms with E-state index in [9.17, 15) is 0 Å². The molecule has 1 aromatic heterocycles. The van der Waals surface area contributed by atoms with E-state index >= 15 is 0 Å². The Morgan fingerprint density at radius 2 is 2.24 bits per heavy atom. The van der Waals surface area contributed by atoms with Crippen molar-refractivity contribution in [2.45, 2.75) is 13.5 Å². The third-order valence-electron chi connectivity index (χ3n) is 2.28. The van der Waals surface area contributed by atoms with Crippen LogP contribution in [0.5, 0.6) is 5.75 Å². The van der Waals surface area contributed by atoms with E-state index in [2.05, 4.69) is 26.2 Å². The summed E-state index contributed by atoms with van der Waals surface area (Å²) in [5.74, 6) is 0.693. The van der Waals surface area contributed by atoms with E-state index in [0.29, 0.717) is 18.0 Å². The fraction of sp³-hybridized carbons (Fsp3) is 0.273. The molecule has 0 amide bonds. The maximum Gasteiger partial charge on any atom is 0.145 e. The van der Waals surface area contributed by atoms with Gasteiger partial charge in [-0.3, -0.25) is 4.68 Å². The molecule has 17 heavy (non-hydrogen) atoms. The zero-order valence-electron chi connectivity index (χ0n) is 9.64. The molecule has 0 unspecified atom stereocenters. The zero-order valence-corrected chi connectivity index (χ0v) is 11.2. The molecule has 0 spiro atoms. The molecule has 0 aliphatic heterocycles. The lowest BCUT2D eigenvalue weighted by atomic mass is 10.2. The van der Waals surface area contributed by atoms with Gasteiger partial charge in [-0.1, -0.05) is 21.1 Å². The molecule has 0 atom stereocenters. The van der Waals surface area contributed by atoms with Gasteiger partial charge in [0, 0.05) is 11.5 Å². The van der Waals surface area contributed by atoms with Gasteiger partial charge in [-0.25, -0.2) is 0 Å². The number of nitrogen functional groups attached to an aromatic ring is 1. The number of nitrogens with zero attached hydrogens (tertiary/aromatic N) is 3. The fourth-order valence-corrected chi connectivity index (χ4v) is 2.15. The minimum atomic E-state index is 0.362. The molecule has 6 heteroatoms. The van der Waals surface area contributed by atoms with Crippen molar-refractivity contribution >= 4 is 21.6 Å². The molecule has 5 nitrogen and oxygen atoms in total. The Morgan fingerprint density at radius 3 is 2.82 bits per heavy atom. The molecule has 0 fully saturated rings. The average Bonchev–Trinajstić information content (AvgIpc) is 2.62. The van der Waals surface area contributed by atoms with Crippen molar-refractivity contribution in [3.8, 4) is 5.75 Å². The number of nitrogens with two attached hydrogens (primary N) is 1. The van der Waals surface area contributed by atoms with Crippen molar-refractivity contribution in [1.29, 1.82) is 0 Å². The van der Waals surface area contributed by atoms with Gasteiger partial charge in [-0.2, -0.15) is 0 Å². The number of benzene rings is 1. The molecule has 0 aliphatic rings. The number of aryl methyl sites for hydroxylation is 2. The molecule has 90 valence electrons. The SMILES string of the molecule is Cc1cc(Br)cc(N)c1OCc1cn(C)nn1. The fourth-order valence-electron chi connectivity index (χ4n) is 1.56. The van der Waals surface area contributed by atoms with Gasteiger partial charge < -0.3 is 10.5 Å². The summed E-state index contributed by atoms with van der Waals surface area (Å²) in [5.41, 5.74) is 8.27. The molecule has 1 aromatic carbocycles. The first-order valence-electron chi connectivity index (χ1n) is 5.10. The first-order chi connectivity index (χ1) is 8.06. The topological polar surface area (TPSA) is 66.0 Å². The van der Waals surface area contributed by atoms with E-state index in [1.165, 1.54) is 0 Å². The zero-order chi connectivity index (χ0) is 12.4. The molecule has 1 heterocycles. The van der Waals surface area contributed by atoms with E-state index in [-0.39, 0.29) is 0 Å².